The molecule has 1 aromatic carbocycles. The summed E-state index contributed by atoms with van der Waals surface area (Å²) in [6.07, 6.45) is 0. The molecule has 1 heterocycles. The number of hydrogen-bond donors (Lipinski definition) is 1. The van der Waals surface area contributed by atoms with Gasteiger partial charge < -0.3 is 10.1 Å². The van der Waals surface area contributed by atoms with Crippen LogP contribution in [0.5, 0.6) is 5.75 Å². The molecule has 0 aliphatic rings. The molecule has 0 saturated heterocycles. The second kappa shape index (κ2) is 6.24. The number of nitrogens with one attached hydrogen (secondary N) is 1. The average Bonchev–Trinajstić information content (AvgIpc) is 2.49. The lowest BCUT2D eigenvalue weighted by molar-refractivity contribution is 0.102. The molecule has 110 valence electrons. The van der Waals surface area contributed by atoms with Crippen molar-refractivity contribution in [3.05, 3.63) is 51.8 Å². The van der Waals surface area contributed by atoms with Crippen LogP contribution in [0.3, 0.4) is 0 Å². The van der Waals surface area contributed by atoms with E-state index in [1.54, 1.807) is 18.2 Å². The third-order valence-electron chi connectivity index (χ3n) is 2.59. The molecule has 0 aliphatic heterocycles. The van der Waals surface area contributed by atoms with Gasteiger partial charge in [0, 0.05) is 0 Å². The van der Waals surface area contributed by atoms with Gasteiger partial charge in [0.05, 0.1) is 18.4 Å². The van der Waals surface area contributed by atoms with E-state index in [1.165, 1.54) is 13.2 Å². The quantitative estimate of drug-likeness (QED) is 0.866. The summed E-state index contributed by atoms with van der Waals surface area (Å²) in [5.74, 6) is -2.93. The zero-order chi connectivity index (χ0) is 15.6. The molecule has 4 nitrogen and oxygen atoms in total. The van der Waals surface area contributed by atoms with Crippen molar-refractivity contribution in [2.24, 2.45) is 0 Å². The number of carbonyl (C=O) groups is 1. The van der Waals surface area contributed by atoms with Crippen LogP contribution >= 0.6 is 23.2 Å². The van der Waals surface area contributed by atoms with Crippen LogP contribution in [0.4, 0.5) is 14.5 Å². The first-order valence-corrected chi connectivity index (χ1v) is 6.35. The summed E-state index contributed by atoms with van der Waals surface area (Å²) in [6.45, 7) is 0. The predicted octanol–water partition coefficient (Wildman–Crippen LogP) is 3.93. The van der Waals surface area contributed by atoms with Crippen molar-refractivity contribution in [3.63, 3.8) is 0 Å². The van der Waals surface area contributed by atoms with Crippen LogP contribution in [0.2, 0.25) is 10.0 Å². The van der Waals surface area contributed by atoms with Gasteiger partial charge >= 0.3 is 0 Å². The van der Waals surface area contributed by atoms with Gasteiger partial charge in [-0.3, -0.25) is 4.79 Å². The fourth-order valence-electron chi connectivity index (χ4n) is 1.61. The minimum atomic E-state index is -1.27. The van der Waals surface area contributed by atoms with Crippen LogP contribution in [-0.4, -0.2) is 18.0 Å². The fraction of sp³-hybridized carbons (Fsp3) is 0.0769. The van der Waals surface area contributed by atoms with Crippen molar-refractivity contribution in [2.75, 3.05) is 12.4 Å². The molecule has 0 atom stereocenters. The summed E-state index contributed by atoms with van der Waals surface area (Å²) in [6, 6.07) is 6.31. The van der Waals surface area contributed by atoms with Crippen LogP contribution < -0.4 is 10.1 Å². The Kier molecular flexibility index (Phi) is 4.59. The highest BCUT2D eigenvalue weighted by molar-refractivity contribution is 6.40. The molecule has 2 rings (SSSR count). The highest BCUT2D eigenvalue weighted by atomic mass is 35.5. The summed E-state index contributed by atoms with van der Waals surface area (Å²) in [4.78, 5) is 15.0. The summed E-state index contributed by atoms with van der Waals surface area (Å²) in [5, 5.41) is 1.09. The molecule has 0 fully saturated rings. The Morgan fingerprint density at radius 2 is 1.76 bits per heavy atom. The van der Waals surface area contributed by atoms with E-state index < -0.39 is 27.8 Å². The van der Waals surface area contributed by atoms with Crippen LogP contribution in [0.25, 0.3) is 0 Å². The number of carbonyl (C=O) groups excluding carboxylic acids is 1. The van der Waals surface area contributed by atoms with Crippen LogP contribution in [0.1, 0.15) is 10.4 Å². The zero-order valence-electron chi connectivity index (χ0n) is 10.6. The molecular formula is C13H8Cl2F2N2O2. The minimum Gasteiger partial charge on any atom is -0.496 e. The second-order valence-electron chi connectivity index (χ2n) is 3.85. The van der Waals surface area contributed by atoms with Gasteiger partial charge in [0.25, 0.3) is 5.91 Å². The Balaban J connectivity index is 2.41. The van der Waals surface area contributed by atoms with E-state index in [2.05, 4.69) is 10.3 Å². The summed E-state index contributed by atoms with van der Waals surface area (Å²) >= 11 is 11.3. The number of rotatable bonds is 3. The number of nitrogens with zero attached hydrogens (tertiary/aromatic N) is 1. The number of methoxy groups -OCH3 is 1. The van der Waals surface area contributed by atoms with Gasteiger partial charge in [-0.1, -0.05) is 35.3 Å². The van der Waals surface area contributed by atoms with Crippen molar-refractivity contribution in [2.45, 2.75) is 0 Å². The van der Waals surface area contributed by atoms with E-state index in [4.69, 9.17) is 27.9 Å². The highest BCUT2D eigenvalue weighted by Crippen LogP contribution is 2.33. The minimum absolute atomic E-state index is 0.157. The van der Waals surface area contributed by atoms with E-state index in [0.717, 1.165) is 0 Å². The Morgan fingerprint density at radius 1 is 1.19 bits per heavy atom. The van der Waals surface area contributed by atoms with Crippen LogP contribution in [-0.2, 0) is 0 Å². The maximum Gasteiger partial charge on any atom is 0.259 e. The molecule has 0 unspecified atom stereocenters. The first kappa shape index (κ1) is 15.5. The zero-order valence-corrected chi connectivity index (χ0v) is 12.1. The first-order valence-electron chi connectivity index (χ1n) is 5.60. The number of benzene rings is 1. The number of halogens is 4. The van der Waals surface area contributed by atoms with Crippen molar-refractivity contribution < 1.29 is 18.3 Å². The third-order valence-corrected chi connectivity index (χ3v) is 3.28. The smallest absolute Gasteiger partial charge is 0.259 e. The maximum atomic E-state index is 13.3. The molecule has 0 aliphatic carbocycles. The summed E-state index contributed by atoms with van der Waals surface area (Å²) in [7, 11) is 1.39. The number of ether oxygens (including phenoxy) is 1. The van der Waals surface area contributed by atoms with Gasteiger partial charge in [-0.2, -0.15) is 13.8 Å². The third kappa shape index (κ3) is 3.06. The number of pyridine rings is 1. The molecule has 2 aromatic rings. The van der Waals surface area contributed by atoms with Gasteiger partial charge in [-0.05, 0) is 12.1 Å². The van der Waals surface area contributed by atoms with Crippen LogP contribution in [0, 0.1) is 11.9 Å². The van der Waals surface area contributed by atoms with E-state index in [1.807, 2.05) is 0 Å². The van der Waals surface area contributed by atoms with Crippen molar-refractivity contribution >= 4 is 34.8 Å². The number of para-hydroxylation sites is 1. The Morgan fingerprint density at radius 3 is 2.33 bits per heavy atom. The Bertz CT molecular complexity index is 685. The number of hydrogen-bond acceptors (Lipinski definition) is 3. The van der Waals surface area contributed by atoms with Crippen molar-refractivity contribution in [1.29, 1.82) is 0 Å². The van der Waals surface area contributed by atoms with E-state index in [9.17, 15) is 13.6 Å². The lowest BCUT2D eigenvalue weighted by Gasteiger charge is -2.12. The van der Waals surface area contributed by atoms with E-state index in [-0.39, 0.29) is 17.0 Å². The largest absolute Gasteiger partial charge is 0.496 e. The van der Waals surface area contributed by atoms with E-state index >= 15 is 0 Å². The Labute approximate surface area is 128 Å². The summed E-state index contributed by atoms with van der Waals surface area (Å²) < 4.78 is 31.6. The number of amides is 1. The Hall–Kier alpha value is -1.92. The van der Waals surface area contributed by atoms with Crippen LogP contribution in [0.15, 0.2) is 24.3 Å². The lowest BCUT2D eigenvalue weighted by Crippen LogP contribution is -2.15. The standard InChI is InChI=1S/C13H8Cl2F2N2O2/c1-21-7-5-3-2-4-6(7)13(20)18-10-8(14)11(16)19-12(17)9(10)15/h2-5H,1H3,(H,18,19,20). The molecule has 8 heteroatoms. The predicted molar refractivity (Wildman–Crippen MR) is 75.1 cm³/mol. The average molecular weight is 333 g/mol. The molecule has 0 radical (unpaired) electrons. The number of anilines is 1. The highest BCUT2D eigenvalue weighted by Gasteiger charge is 2.21. The van der Waals surface area contributed by atoms with E-state index in [0.29, 0.717) is 0 Å². The van der Waals surface area contributed by atoms with Gasteiger partial charge in [0.15, 0.2) is 0 Å². The lowest BCUT2D eigenvalue weighted by atomic mass is 10.2. The molecule has 0 spiro atoms. The molecular weight excluding hydrogens is 325 g/mol. The second-order valence-corrected chi connectivity index (χ2v) is 4.61. The van der Waals surface area contributed by atoms with Gasteiger partial charge in [-0.25, -0.2) is 0 Å². The summed E-state index contributed by atoms with van der Waals surface area (Å²) in [5.41, 5.74) is -0.232. The van der Waals surface area contributed by atoms with Gasteiger partial charge in [0.2, 0.25) is 11.9 Å². The van der Waals surface area contributed by atoms with Gasteiger partial charge in [-0.15, -0.1) is 0 Å². The monoisotopic (exact) mass is 332 g/mol. The van der Waals surface area contributed by atoms with Crippen molar-refractivity contribution in [1.82, 2.24) is 4.98 Å². The SMILES string of the molecule is COc1ccccc1C(=O)Nc1c(Cl)c(F)nc(F)c1Cl. The topological polar surface area (TPSA) is 51.2 Å². The fourth-order valence-corrected chi connectivity index (χ4v) is 2.03. The first-order chi connectivity index (χ1) is 9.95. The molecule has 21 heavy (non-hydrogen) atoms. The van der Waals surface area contributed by atoms with Crippen molar-refractivity contribution in [3.8, 4) is 5.75 Å². The maximum absolute atomic E-state index is 13.3. The molecule has 0 saturated carbocycles. The molecule has 1 N–H and O–H groups in total. The molecule has 0 bridgehead atoms. The normalized spacial score (nSPS) is 10.3. The molecule has 1 aromatic heterocycles. The number of aromatic nitrogens is 1. The van der Waals surface area contributed by atoms with Gasteiger partial charge in [0.1, 0.15) is 15.8 Å². The molecule has 1 amide bonds.